The van der Waals surface area contributed by atoms with E-state index >= 15 is 0 Å². The number of hydrogen-bond donors (Lipinski definition) is 2. The number of carbonyl (C=O) groups is 1. The van der Waals surface area contributed by atoms with Crippen LogP contribution in [0.2, 0.25) is 0 Å². The molecule has 0 aliphatic heterocycles. The average molecular weight is 340 g/mol. The monoisotopic (exact) mass is 340 g/mol. The van der Waals surface area contributed by atoms with Gasteiger partial charge >= 0.3 is 0 Å². The molecule has 5 nitrogen and oxygen atoms in total. The number of aryl methyl sites for hydroxylation is 1. The number of carbonyl (C=O) groups excluding carboxylic acids is 1. The van der Waals surface area contributed by atoms with Crippen LogP contribution in [0.3, 0.4) is 0 Å². The molecular formula is C20H24N2O3. The summed E-state index contributed by atoms with van der Waals surface area (Å²) in [7, 11) is 1.61. The van der Waals surface area contributed by atoms with Crippen molar-refractivity contribution in [3.05, 3.63) is 59.7 Å². The van der Waals surface area contributed by atoms with E-state index in [1.807, 2.05) is 36.4 Å². The summed E-state index contributed by atoms with van der Waals surface area (Å²) in [6.45, 7) is 0.773. The largest absolute Gasteiger partial charge is 0.497 e. The first kappa shape index (κ1) is 17.5. The van der Waals surface area contributed by atoms with Crippen molar-refractivity contribution in [3.8, 4) is 5.75 Å². The SMILES string of the molecule is COc1ccc(NC(=O)CN(CCO)C2CCc3ccccc32)cc1. The van der Waals surface area contributed by atoms with Gasteiger partial charge in [-0.1, -0.05) is 24.3 Å². The van der Waals surface area contributed by atoms with Gasteiger partial charge in [0.2, 0.25) is 5.91 Å². The predicted octanol–water partition coefficient (Wildman–Crippen LogP) is 2.62. The summed E-state index contributed by atoms with van der Waals surface area (Å²) in [4.78, 5) is 14.5. The Hall–Kier alpha value is -2.37. The smallest absolute Gasteiger partial charge is 0.238 e. The molecule has 0 saturated carbocycles. The number of aliphatic hydroxyl groups is 1. The van der Waals surface area contributed by atoms with Crippen LogP contribution in [0.4, 0.5) is 5.69 Å². The minimum atomic E-state index is -0.0806. The van der Waals surface area contributed by atoms with E-state index in [4.69, 9.17) is 4.74 Å². The molecule has 1 unspecified atom stereocenters. The molecule has 1 atom stereocenters. The van der Waals surface area contributed by atoms with Gasteiger partial charge in [0.15, 0.2) is 0 Å². The second-order valence-electron chi connectivity index (χ2n) is 6.22. The summed E-state index contributed by atoms with van der Waals surface area (Å²) in [5, 5.41) is 12.3. The molecule has 0 bridgehead atoms. The lowest BCUT2D eigenvalue weighted by Gasteiger charge is -2.28. The van der Waals surface area contributed by atoms with Gasteiger partial charge in [-0.15, -0.1) is 0 Å². The van der Waals surface area contributed by atoms with E-state index in [1.165, 1.54) is 11.1 Å². The van der Waals surface area contributed by atoms with Crippen LogP contribution >= 0.6 is 0 Å². The lowest BCUT2D eigenvalue weighted by Crippen LogP contribution is -2.37. The highest BCUT2D eigenvalue weighted by Crippen LogP contribution is 2.35. The first-order chi connectivity index (χ1) is 12.2. The van der Waals surface area contributed by atoms with E-state index in [-0.39, 0.29) is 25.1 Å². The van der Waals surface area contributed by atoms with Crippen LogP contribution in [0.25, 0.3) is 0 Å². The van der Waals surface area contributed by atoms with Crippen LogP contribution in [-0.2, 0) is 11.2 Å². The van der Waals surface area contributed by atoms with E-state index in [1.54, 1.807) is 7.11 Å². The molecular weight excluding hydrogens is 316 g/mol. The first-order valence-electron chi connectivity index (χ1n) is 8.58. The number of hydrogen-bond acceptors (Lipinski definition) is 4. The number of amides is 1. The van der Waals surface area contributed by atoms with Gasteiger partial charge in [-0.3, -0.25) is 9.69 Å². The Labute approximate surface area is 148 Å². The highest BCUT2D eigenvalue weighted by molar-refractivity contribution is 5.92. The molecule has 2 aromatic carbocycles. The Balaban J connectivity index is 1.66. The Morgan fingerprint density at radius 2 is 2.00 bits per heavy atom. The Morgan fingerprint density at radius 1 is 1.24 bits per heavy atom. The van der Waals surface area contributed by atoms with Gasteiger partial charge in [0.05, 0.1) is 20.3 Å². The minimum Gasteiger partial charge on any atom is -0.497 e. The highest BCUT2D eigenvalue weighted by Gasteiger charge is 2.28. The van der Waals surface area contributed by atoms with Crippen LogP contribution in [0.15, 0.2) is 48.5 Å². The van der Waals surface area contributed by atoms with Crippen LogP contribution < -0.4 is 10.1 Å². The van der Waals surface area contributed by atoms with Gasteiger partial charge < -0.3 is 15.2 Å². The molecule has 132 valence electrons. The predicted molar refractivity (Wildman–Crippen MR) is 97.8 cm³/mol. The number of nitrogens with one attached hydrogen (secondary N) is 1. The fourth-order valence-electron chi connectivity index (χ4n) is 3.45. The molecule has 2 N–H and O–H groups in total. The number of ether oxygens (including phenoxy) is 1. The summed E-state index contributed by atoms with van der Waals surface area (Å²) >= 11 is 0. The molecule has 0 radical (unpaired) electrons. The van der Waals surface area contributed by atoms with Gasteiger partial charge in [0.1, 0.15) is 5.75 Å². The molecule has 1 aliphatic rings. The minimum absolute atomic E-state index is 0.0362. The zero-order valence-corrected chi connectivity index (χ0v) is 14.4. The van der Waals surface area contributed by atoms with Gasteiger partial charge in [0, 0.05) is 18.3 Å². The quantitative estimate of drug-likeness (QED) is 0.813. The lowest BCUT2D eigenvalue weighted by atomic mass is 10.1. The van der Waals surface area contributed by atoms with Crippen molar-refractivity contribution in [1.29, 1.82) is 0 Å². The topological polar surface area (TPSA) is 61.8 Å². The maximum atomic E-state index is 12.5. The summed E-state index contributed by atoms with van der Waals surface area (Å²) in [5.41, 5.74) is 3.35. The third-order valence-electron chi connectivity index (χ3n) is 4.65. The number of aliphatic hydroxyl groups excluding tert-OH is 1. The number of nitrogens with zero attached hydrogens (tertiary/aromatic N) is 1. The number of fused-ring (bicyclic) bond motifs is 1. The van der Waals surface area contributed by atoms with Gasteiger partial charge in [-0.25, -0.2) is 0 Å². The normalized spacial score (nSPS) is 15.9. The third kappa shape index (κ3) is 4.18. The second kappa shape index (κ2) is 8.14. The van der Waals surface area contributed by atoms with Crippen molar-refractivity contribution in [2.75, 3.05) is 32.1 Å². The number of benzene rings is 2. The maximum Gasteiger partial charge on any atom is 0.238 e. The standard InChI is InChI=1S/C20H24N2O3/c1-25-17-9-7-16(8-10-17)21-20(24)14-22(12-13-23)19-11-6-15-4-2-3-5-18(15)19/h2-5,7-10,19,23H,6,11-14H2,1H3,(H,21,24). The van der Waals surface area contributed by atoms with E-state index < -0.39 is 0 Å². The molecule has 1 amide bonds. The number of methoxy groups -OCH3 is 1. The molecule has 3 rings (SSSR count). The third-order valence-corrected chi connectivity index (χ3v) is 4.65. The summed E-state index contributed by atoms with van der Waals surface area (Å²) in [6, 6.07) is 15.8. The Bertz CT molecular complexity index is 715. The zero-order valence-electron chi connectivity index (χ0n) is 14.4. The summed E-state index contributed by atoms with van der Waals surface area (Å²) < 4.78 is 5.12. The van der Waals surface area contributed by atoms with E-state index in [2.05, 4.69) is 22.3 Å². The van der Waals surface area contributed by atoms with Crippen molar-refractivity contribution >= 4 is 11.6 Å². The van der Waals surface area contributed by atoms with Crippen molar-refractivity contribution in [3.63, 3.8) is 0 Å². The van der Waals surface area contributed by atoms with Crippen molar-refractivity contribution in [2.45, 2.75) is 18.9 Å². The van der Waals surface area contributed by atoms with E-state index in [0.29, 0.717) is 6.54 Å². The van der Waals surface area contributed by atoms with Crippen LogP contribution in [0.5, 0.6) is 5.75 Å². The molecule has 2 aromatic rings. The van der Waals surface area contributed by atoms with Crippen molar-refractivity contribution in [2.24, 2.45) is 0 Å². The van der Waals surface area contributed by atoms with Crippen molar-refractivity contribution < 1.29 is 14.6 Å². The fraction of sp³-hybridized carbons (Fsp3) is 0.350. The zero-order chi connectivity index (χ0) is 17.6. The second-order valence-corrected chi connectivity index (χ2v) is 6.22. The maximum absolute atomic E-state index is 12.5. The van der Waals surface area contributed by atoms with Gasteiger partial charge in [0.25, 0.3) is 0 Å². The molecule has 1 aliphatic carbocycles. The number of anilines is 1. The first-order valence-corrected chi connectivity index (χ1v) is 8.58. The molecule has 0 heterocycles. The van der Waals surface area contributed by atoms with E-state index in [9.17, 15) is 9.90 Å². The van der Waals surface area contributed by atoms with Crippen LogP contribution in [0.1, 0.15) is 23.6 Å². The van der Waals surface area contributed by atoms with Crippen LogP contribution in [0, 0.1) is 0 Å². The molecule has 0 spiro atoms. The van der Waals surface area contributed by atoms with Crippen molar-refractivity contribution in [1.82, 2.24) is 4.90 Å². The molecule has 0 aromatic heterocycles. The Morgan fingerprint density at radius 3 is 2.72 bits per heavy atom. The fourth-order valence-corrected chi connectivity index (χ4v) is 3.45. The average Bonchev–Trinajstić information content (AvgIpc) is 3.06. The molecule has 0 saturated heterocycles. The molecule has 25 heavy (non-hydrogen) atoms. The van der Waals surface area contributed by atoms with Gasteiger partial charge in [-0.2, -0.15) is 0 Å². The van der Waals surface area contributed by atoms with E-state index in [0.717, 1.165) is 24.3 Å². The summed E-state index contributed by atoms with van der Waals surface area (Å²) in [6.07, 6.45) is 2.00. The van der Waals surface area contributed by atoms with Gasteiger partial charge in [-0.05, 0) is 48.2 Å². The number of rotatable bonds is 7. The highest BCUT2D eigenvalue weighted by atomic mass is 16.5. The lowest BCUT2D eigenvalue weighted by molar-refractivity contribution is -0.118. The molecule has 0 fully saturated rings. The molecule has 5 heteroatoms. The Kier molecular flexibility index (Phi) is 5.68. The van der Waals surface area contributed by atoms with Crippen LogP contribution in [-0.4, -0.2) is 42.7 Å². The summed E-state index contributed by atoms with van der Waals surface area (Å²) in [5.74, 6) is 0.672.